The van der Waals surface area contributed by atoms with Gasteiger partial charge < -0.3 is 28.7 Å². The van der Waals surface area contributed by atoms with Crippen LogP contribution < -0.4 is 18.9 Å². The lowest BCUT2D eigenvalue weighted by Crippen LogP contribution is -2.56. The molecule has 2 aromatic carbocycles. The van der Waals surface area contributed by atoms with Crippen molar-refractivity contribution in [2.24, 2.45) is 5.92 Å². The maximum Gasteiger partial charge on any atom is 0.257 e. The number of hydrogen-bond donors (Lipinski definition) is 0. The zero-order chi connectivity index (χ0) is 22.9. The minimum absolute atomic E-state index is 0.0663. The van der Waals surface area contributed by atoms with E-state index in [0.29, 0.717) is 43.1 Å². The van der Waals surface area contributed by atoms with Gasteiger partial charge in [0.15, 0.2) is 11.5 Å². The molecule has 2 fully saturated rings. The third-order valence-electron chi connectivity index (χ3n) is 6.86. The van der Waals surface area contributed by atoms with Gasteiger partial charge in [0.25, 0.3) is 5.91 Å². The van der Waals surface area contributed by atoms with Gasteiger partial charge in [-0.25, -0.2) is 0 Å². The third-order valence-corrected chi connectivity index (χ3v) is 6.86. The second kappa shape index (κ2) is 8.84. The van der Waals surface area contributed by atoms with Crippen LogP contribution in [0.25, 0.3) is 0 Å². The minimum atomic E-state index is -0.0663. The van der Waals surface area contributed by atoms with Crippen LogP contribution in [0.3, 0.4) is 0 Å². The van der Waals surface area contributed by atoms with Crippen LogP contribution in [0.1, 0.15) is 35.2 Å². The Kier molecular flexibility index (Phi) is 5.74. The van der Waals surface area contributed by atoms with Crippen LogP contribution in [0.4, 0.5) is 0 Å². The minimum Gasteiger partial charge on any atom is -0.497 e. The zero-order valence-electron chi connectivity index (χ0n) is 18.9. The van der Waals surface area contributed by atoms with Crippen LogP contribution >= 0.6 is 0 Å². The van der Waals surface area contributed by atoms with Crippen LogP contribution in [-0.2, 0) is 11.3 Å². The highest BCUT2D eigenvalue weighted by molar-refractivity contribution is 5.97. The second-order valence-corrected chi connectivity index (χ2v) is 8.68. The molecule has 8 heteroatoms. The SMILES string of the molecule is COc1ccc(OC)c(C(=O)N2CC[C@H]3[C@H](CCC(=O)N3Cc3ccc4c(c3)OCO4)C2)c1. The topological polar surface area (TPSA) is 77.5 Å². The lowest BCUT2D eigenvalue weighted by atomic mass is 9.83. The van der Waals surface area contributed by atoms with E-state index in [0.717, 1.165) is 29.9 Å². The van der Waals surface area contributed by atoms with Gasteiger partial charge in [-0.05, 0) is 54.7 Å². The first-order valence-corrected chi connectivity index (χ1v) is 11.3. The van der Waals surface area contributed by atoms with E-state index in [1.807, 2.05) is 28.0 Å². The monoisotopic (exact) mass is 452 g/mol. The molecule has 8 nitrogen and oxygen atoms in total. The number of benzene rings is 2. The highest BCUT2D eigenvalue weighted by atomic mass is 16.7. The summed E-state index contributed by atoms with van der Waals surface area (Å²) in [4.78, 5) is 30.1. The summed E-state index contributed by atoms with van der Waals surface area (Å²) in [5.41, 5.74) is 1.52. The summed E-state index contributed by atoms with van der Waals surface area (Å²) in [7, 11) is 3.14. The van der Waals surface area contributed by atoms with E-state index in [-0.39, 0.29) is 30.6 Å². The van der Waals surface area contributed by atoms with E-state index >= 15 is 0 Å². The van der Waals surface area contributed by atoms with Gasteiger partial charge in [0.05, 0.1) is 19.8 Å². The van der Waals surface area contributed by atoms with Gasteiger partial charge in [-0.15, -0.1) is 0 Å². The molecule has 2 atom stereocenters. The summed E-state index contributed by atoms with van der Waals surface area (Å²) in [6.07, 6.45) is 2.04. The van der Waals surface area contributed by atoms with Crippen molar-refractivity contribution < 1.29 is 28.5 Å². The molecule has 2 amide bonds. The quantitative estimate of drug-likeness (QED) is 0.694. The lowest BCUT2D eigenvalue weighted by Gasteiger charge is -2.47. The predicted molar refractivity (Wildman–Crippen MR) is 120 cm³/mol. The zero-order valence-corrected chi connectivity index (χ0v) is 18.9. The van der Waals surface area contributed by atoms with Gasteiger partial charge in [0, 0.05) is 32.1 Å². The molecule has 0 bridgehead atoms. The van der Waals surface area contributed by atoms with E-state index in [1.165, 1.54) is 0 Å². The lowest BCUT2D eigenvalue weighted by molar-refractivity contribution is -0.141. The van der Waals surface area contributed by atoms with Crippen molar-refractivity contribution in [1.29, 1.82) is 0 Å². The van der Waals surface area contributed by atoms with Gasteiger partial charge in [-0.1, -0.05) is 6.07 Å². The van der Waals surface area contributed by atoms with Crippen molar-refractivity contribution in [3.8, 4) is 23.0 Å². The van der Waals surface area contributed by atoms with Gasteiger partial charge in [-0.2, -0.15) is 0 Å². The van der Waals surface area contributed by atoms with Gasteiger partial charge >= 0.3 is 0 Å². The van der Waals surface area contributed by atoms with E-state index in [9.17, 15) is 9.59 Å². The normalized spacial score (nSPS) is 21.6. The van der Waals surface area contributed by atoms with Crippen LogP contribution in [-0.4, -0.2) is 61.8 Å². The molecule has 5 rings (SSSR count). The Labute approximate surface area is 193 Å². The molecule has 2 aromatic rings. The fourth-order valence-electron chi connectivity index (χ4n) is 5.13. The predicted octanol–water partition coefficient (Wildman–Crippen LogP) is 3.09. The molecule has 0 radical (unpaired) electrons. The average Bonchev–Trinajstić information content (AvgIpc) is 3.32. The van der Waals surface area contributed by atoms with E-state index in [1.54, 1.807) is 32.4 Å². The molecular weight excluding hydrogens is 424 g/mol. The number of likely N-dealkylation sites (tertiary alicyclic amines) is 2. The van der Waals surface area contributed by atoms with Crippen molar-refractivity contribution >= 4 is 11.8 Å². The summed E-state index contributed by atoms with van der Waals surface area (Å²) >= 11 is 0. The van der Waals surface area contributed by atoms with Crippen LogP contribution in [0.5, 0.6) is 23.0 Å². The molecule has 174 valence electrons. The first-order chi connectivity index (χ1) is 16.1. The summed E-state index contributed by atoms with van der Waals surface area (Å²) in [6, 6.07) is 11.2. The smallest absolute Gasteiger partial charge is 0.257 e. The van der Waals surface area contributed by atoms with Crippen LogP contribution in [0.2, 0.25) is 0 Å². The standard InChI is InChI=1S/C25H28N2O6/c1-30-18-5-7-21(31-2)19(12-18)25(29)26-10-9-20-17(14-26)4-8-24(28)27(20)13-16-3-6-22-23(11-16)33-15-32-22/h3,5-7,11-12,17,20H,4,8-10,13-15H2,1-2H3/t17-,20+/m1/s1. The van der Waals surface area contributed by atoms with Crippen molar-refractivity contribution in [2.75, 3.05) is 34.1 Å². The number of piperidine rings is 2. The fraction of sp³-hybridized carbons (Fsp3) is 0.440. The van der Waals surface area contributed by atoms with Crippen molar-refractivity contribution in [2.45, 2.75) is 31.8 Å². The molecule has 33 heavy (non-hydrogen) atoms. The Bertz CT molecular complexity index is 1070. The van der Waals surface area contributed by atoms with Crippen LogP contribution in [0, 0.1) is 5.92 Å². The summed E-state index contributed by atoms with van der Waals surface area (Å²) in [5.74, 6) is 2.96. The fourth-order valence-corrected chi connectivity index (χ4v) is 5.13. The first-order valence-electron chi connectivity index (χ1n) is 11.3. The number of methoxy groups -OCH3 is 2. The molecule has 2 saturated heterocycles. The van der Waals surface area contributed by atoms with E-state index < -0.39 is 0 Å². The highest BCUT2D eigenvalue weighted by Crippen LogP contribution is 2.36. The Morgan fingerprint density at radius 1 is 1.06 bits per heavy atom. The highest BCUT2D eigenvalue weighted by Gasteiger charge is 2.40. The molecular formula is C25H28N2O6. The first kappa shape index (κ1) is 21.4. The third kappa shape index (κ3) is 4.05. The number of ether oxygens (including phenoxy) is 4. The summed E-state index contributed by atoms with van der Waals surface area (Å²) in [6.45, 7) is 1.97. The molecule has 0 N–H and O–H groups in total. The second-order valence-electron chi connectivity index (χ2n) is 8.68. The molecule has 3 heterocycles. The average molecular weight is 453 g/mol. The Balaban J connectivity index is 1.31. The molecule has 0 aliphatic carbocycles. The van der Waals surface area contributed by atoms with Crippen molar-refractivity contribution in [3.05, 3.63) is 47.5 Å². The summed E-state index contributed by atoms with van der Waals surface area (Å²) in [5, 5.41) is 0. The van der Waals surface area contributed by atoms with Gasteiger partial charge in [0.1, 0.15) is 11.5 Å². The Hall–Kier alpha value is -3.42. The van der Waals surface area contributed by atoms with Gasteiger partial charge in [0.2, 0.25) is 12.7 Å². The Morgan fingerprint density at radius 3 is 2.73 bits per heavy atom. The number of amides is 2. The van der Waals surface area contributed by atoms with E-state index in [2.05, 4.69) is 0 Å². The molecule has 0 spiro atoms. The van der Waals surface area contributed by atoms with Crippen molar-refractivity contribution in [3.63, 3.8) is 0 Å². The number of fused-ring (bicyclic) bond motifs is 2. The van der Waals surface area contributed by atoms with E-state index in [4.69, 9.17) is 18.9 Å². The van der Waals surface area contributed by atoms with Crippen LogP contribution in [0.15, 0.2) is 36.4 Å². The number of carbonyl (C=O) groups excluding carboxylic acids is 2. The van der Waals surface area contributed by atoms with Gasteiger partial charge in [-0.3, -0.25) is 9.59 Å². The maximum absolute atomic E-state index is 13.4. The number of hydrogen-bond acceptors (Lipinski definition) is 6. The largest absolute Gasteiger partial charge is 0.497 e. The molecule has 3 aliphatic heterocycles. The summed E-state index contributed by atoms with van der Waals surface area (Å²) < 4.78 is 21.6. The number of rotatable bonds is 5. The number of nitrogens with zero attached hydrogens (tertiary/aromatic N) is 2. The molecule has 0 unspecified atom stereocenters. The molecule has 0 saturated carbocycles. The number of carbonyl (C=O) groups is 2. The maximum atomic E-state index is 13.4. The molecule has 0 aromatic heterocycles. The van der Waals surface area contributed by atoms with Crippen molar-refractivity contribution in [1.82, 2.24) is 9.80 Å². The Morgan fingerprint density at radius 2 is 1.91 bits per heavy atom. The molecule has 3 aliphatic rings.